The Balaban J connectivity index is 0.000000570. The molecule has 1 fully saturated rings. The van der Waals surface area contributed by atoms with E-state index in [0.717, 1.165) is 13.0 Å². The number of hydrogen-bond donors (Lipinski definition) is 3. The van der Waals surface area contributed by atoms with Gasteiger partial charge in [0.2, 0.25) is 0 Å². The molecular weight excluding hydrogens is 458 g/mol. The van der Waals surface area contributed by atoms with Gasteiger partial charge in [-0.15, -0.1) is 0 Å². The van der Waals surface area contributed by atoms with Crippen LogP contribution in [-0.2, 0) is 14.3 Å². The number of esters is 1. The van der Waals surface area contributed by atoms with Crippen LogP contribution < -0.4 is 10.1 Å². The Morgan fingerprint density at radius 1 is 1.12 bits per heavy atom. The van der Waals surface area contributed by atoms with Crippen LogP contribution in [0, 0.1) is 0 Å². The van der Waals surface area contributed by atoms with Crippen molar-refractivity contribution in [1.29, 1.82) is 0 Å². The van der Waals surface area contributed by atoms with Gasteiger partial charge in [-0.05, 0) is 38.4 Å². The van der Waals surface area contributed by atoms with E-state index in [9.17, 15) is 31.1 Å². The van der Waals surface area contributed by atoms with E-state index in [1.165, 1.54) is 6.42 Å². The molecule has 2 heterocycles. The number of carboxylic acids is 2. The standard InChI is InChI=1S/C13H18N2O3.2C2HF3O2/c1-2-17-13(16)12-11(6-4-8-15-12)18-9-10-5-3-7-14-10;2*3-2(4,5)1(6)7/h4,6,8,10,14H,2-3,5,7,9H2,1H3;2*(H,6,7)/t10-;;/m1../s1. The lowest BCUT2D eigenvalue weighted by molar-refractivity contribution is -0.193. The van der Waals surface area contributed by atoms with Gasteiger partial charge in [0.15, 0.2) is 11.4 Å². The summed E-state index contributed by atoms with van der Waals surface area (Å²) in [6.07, 6.45) is -6.33. The number of carbonyl (C=O) groups excluding carboxylic acids is 1. The molecule has 1 saturated heterocycles. The van der Waals surface area contributed by atoms with E-state index in [-0.39, 0.29) is 5.69 Å². The summed E-state index contributed by atoms with van der Waals surface area (Å²) in [6.45, 7) is 3.69. The van der Waals surface area contributed by atoms with Crippen molar-refractivity contribution in [2.24, 2.45) is 0 Å². The van der Waals surface area contributed by atoms with Gasteiger partial charge in [-0.2, -0.15) is 26.3 Å². The van der Waals surface area contributed by atoms with Gasteiger partial charge in [0.25, 0.3) is 0 Å². The maximum absolute atomic E-state index is 11.7. The van der Waals surface area contributed by atoms with Crippen LogP contribution in [0.25, 0.3) is 0 Å². The van der Waals surface area contributed by atoms with Crippen molar-refractivity contribution < 1.29 is 60.4 Å². The fourth-order valence-corrected chi connectivity index (χ4v) is 1.95. The number of pyridine rings is 1. The highest BCUT2D eigenvalue weighted by atomic mass is 19.4. The van der Waals surface area contributed by atoms with Crippen LogP contribution in [0.15, 0.2) is 18.3 Å². The topological polar surface area (TPSA) is 135 Å². The Hall–Kier alpha value is -3.10. The molecule has 1 atom stereocenters. The van der Waals surface area contributed by atoms with Gasteiger partial charge in [0.1, 0.15) is 6.61 Å². The molecule has 3 N–H and O–H groups in total. The molecule has 32 heavy (non-hydrogen) atoms. The van der Waals surface area contributed by atoms with Crippen LogP contribution in [0.3, 0.4) is 0 Å². The Kier molecular flexibility index (Phi) is 12.0. The van der Waals surface area contributed by atoms with Crippen LogP contribution in [0.4, 0.5) is 26.3 Å². The second kappa shape index (κ2) is 13.3. The highest BCUT2D eigenvalue weighted by Gasteiger charge is 2.38. The van der Waals surface area contributed by atoms with Crippen LogP contribution >= 0.6 is 0 Å². The second-order valence-electron chi connectivity index (χ2n) is 5.78. The number of rotatable bonds is 5. The summed E-state index contributed by atoms with van der Waals surface area (Å²) in [5.74, 6) is -5.46. The molecule has 1 aliphatic heterocycles. The molecule has 0 aliphatic carbocycles. The molecule has 2 rings (SSSR count). The summed E-state index contributed by atoms with van der Waals surface area (Å²) in [5, 5.41) is 17.6. The quantitative estimate of drug-likeness (QED) is 0.431. The van der Waals surface area contributed by atoms with E-state index in [1.807, 2.05) is 0 Å². The van der Waals surface area contributed by atoms with Gasteiger partial charge in [-0.3, -0.25) is 0 Å². The smallest absolute Gasteiger partial charge is 0.489 e. The molecule has 0 aromatic carbocycles. The number of halogens is 6. The number of ether oxygens (including phenoxy) is 2. The summed E-state index contributed by atoms with van der Waals surface area (Å²) >= 11 is 0. The lowest BCUT2D eigenvalue weighted by atomic mass is 10.2. The maximum atomic E-state index is 11.7. The Morgan fingerprint density at radius 3 is 2.06 bits per heavy atom. The first-order chi connectivity index (χ1) is 14.7. The number of nitrogens with one attached hydrogen (secondary N) is 1. The van der Waals surface area contributed by atoms with Crippen molar-refractivity contribution in [3.05, 3.63) is 24.0 Å². The zero-order chi connectivity index (χ0) is 24.9. The molecule has 9 nitrogen and oxygen atoms in total. The largest absolute Gasteiger partial charge is 0.490 e. The van der Waals surface area contributed by atoms with Crippen molar-refractivity contribution in [3.8, 4) is 5.75 Å². The number of aromatic nitrogens is 1. The molecule has 15 heteroatoms. The van der Waals surface area contributed by atoms with Gasteiger partial charge in [-0.25, -0.2) is 19.4 Å². The molecule has 0 unspecified atom stereocenters. The van der Waals surface area contributed by atoms with E-state index in [0.29, 0.717) is 25.0 Å². The van der Waals surface area contributed by atoms with Gasteiger partial charge < -0.3 is 25.0 Å². The minimum Gasteiger partial charge on any atom is -0.489 e. The van der Waals surface area contributed by atoms with Crippen molar-refractivity contribution >= 4 is 17.9 Å². The average Bonchev–Trinajstić information content (AvgIpc) is 3.20. The fourth-order valence-electron chi connectivity index (χ4n) is 1.95. The van der Waals surface area contributed by atoms with Gasteiger partial charge in [0, 0.05) is 12.2 Å². The van der Waals surface area contributed by atoms with Gasteiger partial charge in [-0.1, -0.05) is 0 Å². The third-order valence-electron chi connectivity index (χ3n) is 3.33. The molecule has 182 valence electrons. The van der Waals surface area contributed by atoms with E-state index >= 15 is 0 Å². The molecule has 1 aromatic rings. The van der Waals surface area contributed by atoms with Gasteiger partial charge >= 0.3 is 30.3 Å². The van der Waals surface area contributed by atoms with E-state index in [2.05, 4.69) is 10.3 Å². The minimum atomic E-state index is -5.08. The van der Waals surface area contributed by atoms with Crippen molar-refractivity contribution in [2.45, 2.75) is 38.2 Å². The van der Waals surface area contributed by atoms with Crippen molar-refractivity contribution in [2.75, 3.05) is 19.8 Å². The predicted octanol–water partition coefficient (Wildman–Crippen LogP) is 2.66. The first kappa shape index (κ1) is 28.9. The summed E-state index contributed by atoms with van der Waals surface area (Å²) in [4.78, 5) is 33.5. The number of aliphatic carboxylic acids is 2. The van der Waals surface area contributed by atoms with E-state index in [1.54, 1.807) is 25.3 Å². The second-order valence-corrected chi connectivity index (χ2v) is 5.78. The van der Waals surface area contributed by atoms with E-state index < -0.39 is 30.3 Å². The van der Waals surface area contributed by atoms with Crippen LogP contribution in [0.5, 0.6) is 5.75 Å². The normalized spacial score (nSPS) is 15.4. The SMILES string of the molecule is CCOC(=O)c1ncccc1OC[C@H]1CCCN1.O=C(O)C(F)(F)F.O=C(O)C(F)(F)F. The summed E-state index contributed by atoms with van der Waals surface area (Å²) in [5.41, 5.74) is 0.248. The van der Waals surface area contributed by atoms with Crippen LogP contribution in [0.2, 0.25) is 0 Å². The van der Waals surface area contributed by atoms with Crippen LogP contribution in [-0.4, -0.2) is 71.3 Å². The number of carboxylic acid groups (broad SMARTS) is 2. The van der Waals surface area contributed by atoms with Crippen LogP contribution in [0.1, 0.15) is 30.3 Å². The fraction of sp³-hybridized carbons (Fsp3) is 0.529. The third-order valence-corrected chi connectivity index (χ3v) is 3.33. The highest BCUT2D eigenvalue weighted by Crippen LogP contribution is 2.18. The molecule has 0 bridgehead atoms. The zero-order valence-corrected chi connectivity index (χ0v) is 16.5. The molecular formula is C17H20F6N2O7. The number of carbonyl (C=O) groups is 3. The highest BCUT2D eigenvalue weighted by molar-refractivity contribution is 5.90. The molecule has 0 radical (unpaired) electrons. The van der Waals surface area contributed by atoms with Crippen molar-refractivity contribution in [3.63, 3.8) is 0 Å². The third kappa shape index (κ3) is 11.9. The molecule has 0 spiro atoms. The first-order valence-electron chi connectivity index (χ1n) is 8.78. The summed E-state index contributed by atoms with van der Waals surface area (Å²) in [6, 6.07) is 3.86. The molecule has 1 aliphatic rings. The Morgan fingerprint density at radius 2 is 1.66 bits per heavy atom. The molecule has 0 saturated carbocycles. The number of nitrogens with zero attached hydrogens (tertiary/aromatic N) is 1. The number of hydrogen-bond acceptors (Lipinski definition) is 7. The molecule has 1 aromatic heterocycles. The summed E-state index contributed by atoms with van der Waals surface area (Å²) in [7, 11) is 0. The average molecular weight is 478 g/mol. The summed E-state index contributed by atoms with van der Waals surface area (Å²) < 4.78 is 74.1. The first-order valence-corrected chi connectivity index (χ1v) is 8.78. The van der Waals surface area contributed by atoms with E-state index in [4.69, 9.17) is 29.3 Å². The predicted molar refractivity (Wildman–Crippen MR) is 94.1 cm³/mol. The maximum Gasteiger partial charge on any atom is 0.490 e. The van der Waals surface area contributed by atoms with Gasteiger partial charge in [0.05, 0.1) is 6.61 Å². The zero-order valence-electron chi connectivity index (χ0n) is 16.5. The Bertz CT molecular complexity index is 726. The monoisotopic (exact) mass is 478 g/mol. The Labute approximate surface area is 177 Å². The molecule has 0 amide bonds. The lowest BCUT2D eigenvalue weighted by Gasteiger charge is -2.13. The minimum absolute atomic E-state index is 0.248. The number of alkyl halides is 6. The lowest BCUT2D eigenvalue weighted by Crippen LogP contribution is -2.28. The van der Waals surface area contributed by atoms with Crippen molar-refractivity contribution in [1.82, 2.24) is 10.3 Å².